The van der Waals surface area contributed by atoms with E-state index in [9.17, 15) is 15.1 Å². The number of nitrogens with zero attached hydrogens (tertiary/aromatic N) is 2. The zero-order valence-corrected chi connectivity index (χ0v) is 15.5. The summed E-state index contributed by atoms with van der Waals surface area (Å²) in [5.74, 6) is -0.252. The Kier molecular flexibility index (Phi) is 4.80. The molecule has 0 radical (unpaired) electrons. The molecule has 2 heterocycles. The number of carbonyl (C=O) groups is 1. The summed E-state index contributed by atoms with van der Waals surface area (Å²) < 4.78 is 5.50. The zero-order valence-electron chi connectivity index (χ0n) is 15.5. The highest BCUT2D eigenvalue weighted by molar-refractivity contribution is 6.09. The van der Waals surface area contributed by atoms with E-state index in [2.05, 4.69) is 9.97 Å². The molecule has 2 aromatic carbocycles. The van der Waals surface area contributed by atoms with E-state index in [0.717, 1.165) is 16.7 Å². The molecule has 0 spiro atoms. The van der Waals surface area contributed by atoms with Crippen LogP contribution in [0.2, 0.25) is 0 Å². The van der Waals surface area contributed by atoms with Gasteiger partial charge in [0.1, 0.15) is 11.4 Å². The molecule has 7 heteroatoms. The predicted octanol–water partition coefficient (Wildman–Crippen LogP) is 3.80. The third kappa shape index (κ3) is 3.35. The number of fused-ring (bicyclic) bond motifs is 1. The van der Waals surface area contributed by atoms with Crippen LogP contribution >= 0.6 is 0 Å². The minimum atomic E-state index is -0.704. The maximum atomic E-state index is 12.3. The number of hydrogen-bond donors (Lipinski definition) is 3. The molecular weight excluding hydrogens is 370 g/mol. The van der Waals surface area contributed by atoms with Crippen molar-refractivity contribution in [2.45, 2.75) is 0 Å². The van der Waals surface area contributed by atoms with Crippen molar-refractivity contribution in [1.29, 1.82) is 0 Å². The summed E-state index contributed by atoms with van der Waals surface area (Å²) in [6.07, 6.45) is 3.09. The van der Waals surface area contributed by atoms with Gasteiger partial charge in [-0.25, -0.2) is 10.5 Å². The van der Waals surface area contributed by atoms with Crippen LogP contribution in [-0.4, -0.2) is 33.3 Å². The van der Waals surface area contributed by atoms with Gasteiger partial charge >= 0.3 is 0 Å². The summed E-state index contributed by atoms with van der Waals surface area (Å²) in [6.45, 7) is 0. The normalized spacial score (nSPS) is 10.7. The van der Waals surface area contributed by atoms with Crippen molar-refractivity contribution in [3.05, 3.63) is 72.6 Å². The van der Waals surface area contributed by atoms with E-state index in [0.29, 0.717) is 16.6 Å². The quantitative estimate of drug-likeness (QED) is 0.363. The number of methoxy groups -OCH3 is 1. The predicted molar refractivity (Wildman–Crippen MR) is 108 cm³/mol. The van der Waals surface area contributed by atoms with Crippen molar-refractivity contribution in [1.82, 2.24) is 15.4 Å². The molecule has 2 aromatic heterocycles. The Morgan fingerprint density at radius 2 is 1.59 bits per heavy atom. The second-order valence-corrected chi connectivity index (χ2v) is 6.33. The first-order valence-corrected chi connectivity index (χ1v) is 8.78. The molecule has 0 unspecified atom stereocenters. The molecule has 7 nitrogen and oxygen atoms in total. The highest BCUT2D eigenvalue weighted by Gasteiger charge is 2.22. The third-order valence-electron chi connectivity index (χ3n) is 4.63. The van der Waals surface area contributed by atoms with E-state index in [-0.39, 0.29) is 17.1 Å². The van der Waals surface area contributed by atoms with Gasteiger partial charge in [0.2, 0.25) is 0 Å². The van der Waals surface area contributed by atoms with E-state index >= 15 is 0 Å². The van der Waals surface area contributed by atoms with Crippen molar-refractivity contribution < 1.29 is 19.8 Å². The van der Waals surface area contributed by atoms with Gasteiger partial charge in [-0.2, -0.15) is 0 Å². The highest BCUT2D eigenvalue weighted by Crippen LogP contribution is 2.36. The van der Waals surface area contributed by atoms with Crippen LogP contribution in [0.4, 0.5) is 0 Å². The molecule has 0 aliphatic heterocycles. The van der Waals surface area contributed by atoms with Gasteiger partial charge in [0.15, 0.2) is 5.75 Å². The molecule has 4 aromatic rings. The van der Waals surface area contributed by atoms with Gasteiger partial charge in [0.05, 0.1) is 18.2 Å². The van der Waals surface area contributed by atoms with Crippen LogP contribution < -0.4 is 10.2 Å². The number of hydrogen-bond acceptors (Lipinski definition) is 6. The topological polar surface area (TPSA) is 105 Å². The Bertz CT molecular complexity index is 1190. The van der Waals surface area contributed by atoms with Gasteiger partial charge in [0, 0.05) is 23.3 Å². The number of benzene rings is 2. The van der Waals surface area contributed by atoms with Crippen molar-refractivity contribution in [3.8, 4) is 33.9 Å². The number of rotatable bonds is 4. The third-order valence-corrected chi connectivity index (χ3v) is 4.63. The Morgan fingerprint density at radius 1 is 0.966 bits per heavy atom. The molecule has 1 amide bonds. The van der Waals surface area contributed by atoms with Gasteiger partial charge < -0.3 is 9.84 Å². The van der Waals surface area contributed by atoms with Crippen molar-refractivity contribution in [3.63, 3.8) is 0 Å². The summed E-state index contributed by atoms with van der Waals surface area (Å²) in [4.78, 5) is 21.0. The average molecular weight is 387 g/mol. The smallest absolute Gasteiger partial charge is 0.279 e. The van der Waals surface area contributed by atoms with Gasteiger partial charge in [0.25, 0.3) is 5.91 Å². The molecule has 0 saturated heterocycles. The van der Waals surface area contributed by atoms with Crippen molar-refractivity contribution >= 4 is 16.8 Å². The molecular formula is C22H17N3O4. The number of ether oxygens (including phenoxy) is 1. The van der Waals surface area contributed by atoms with Gasteiger partial charge in [-0.15, -0.1) is 0 Å². The minimum Gasteiger partial charge on any atom is -0.508 e. The Balaban J connectivity index is 1.87. The van der Waals surface area contributed by atoms with Crippen LogP contribution in [-0.2, 0) is 0 Å². The lowest BCUT2D eigenvalue weighted by Crippen LogP contribution is -2.20. The SMILES string of the molecule is COc1c(-c2ccc(-c3ccc(O)cc3)cc2)nc2ccncc2c1C(=O)NO. The molecule has 0 atom stereocenters. The Labute approximate surface area is 166 Å². The van der Waals surface area contributed by atoms with E-state index in [1.54, 1.807) is 29.9 Å². The van der Waals surface area contributed by atoms with Crippen LogP contribution in [0, 0.1) is 0 Å². The van der Waals surface area contributed by atoms with Crippen LogP contribution in [0.15, 0.2) is 67.0 Å². The first-order valence-electron chi connectivity index (χ1n) is 8.78. The highest BCUT2D eigenvalue weighted by atomic mass is 16.5. The largest absolute Gasteiger partial charge is 0.508 e. The molecule has 0 bridgehead atoms. The summed E-state index contributed by atoms with van der Waals surface area (Å²) in [6, 6.07) is 16.2. The molecule has 29 heavy (non-hydrogen) atoms. The van der Waals surface area contributed by atoms with Gasteiger partial charge in [-0.05, 0) is 29.3 Å². The summed E-state index contributed by atoms with van der Waals surface area (Å²) in [7, 11) is 1.45. The Morgan fingerprint density at radius 3 is 2.21 bits per heavy atom. The number of carbonyl (C=O) groups excluding carboxylic acids is 1. The molecule has 0 aliphatic carbocycles. The van der Waals surface area contributed by atoms with Crippen molar-refractivity contribution in [2.75, 3.05) is 7.11 Å². The lowest BCUT2D eigenvalue weighted by atomic mass is 10.00. The number of amides is 1. The maximum Gasteiger partial charge on any atom is 0.279 e. The second kappa shape index (κ2) is 7.57. The van der Waals surface area contributed by atoms with Crippen LogP contribution in [0.25, 0.3) is 33.3 Å². The molecule has 4 rings (SSSR count). The summed E-state index contributed by atoms with van der Waals surface area (Å²) in [5.41, 5.74) is 5.52. The number of phenols is 1. The number of aromatic hydroxyl groups is 1. The molecule has 0 fully saturated rings. The first kappa shape index (κ1) is 18.4. The molecule has 144 valence electrons. The fraction of sp³-hybridized carbons (Fsp3) is 0.0455. The maximum absolute atomic E-state index is 12.3. The first-order chi connectivity index (χ1) is 14.1. The fourth-order valence-corrected chi connectivity index (χ4v) is 3.24. The monoisotopic (exact) mass is 387 g/mol. The number of nitrogens with one attached hydrogen (secondary N) is 1. The summed E-state index contributed by atoms with van der Waals surface area (Å²) in [5, 5.41) is 19.1. The number of phenolic OH excluding ortho intramolecular Hbond substituents is 1. The van der Waals surface area contributed by atoms with Crippen LogP contribution in [0.1, 0.15) is 10.4 Å². The number of pyridine rings is 2. The lowest BCUT2D eigenvalue weighted by molar-refractivity contribution is 0.0705. The van der Waals surface area contributed by atoms with E-state index in [1.165, 1.54) is 13.3 Å². The molecule has 3 N–H and O–H groups in total. The van der Waals surface area contributed by atoms with Crippen LogP contribution in [0.5, 0.6) is 11.5 Å². The molecule has 0 aliphatic rings. The number of aromatic nitrogens is 2. The van der Waals surface area contributed by atoms with Gasteiger partial charge in [-0.3, -0.25) is 15.0 Å². The van der Waals surface area contributed by atoms with E-state index in [4.69, 9.17) is 4.74 Å². The van der Waals surface area contributed by atoms with Crippen molar-refractivity contribution in [2.24, 2.45) is 0 Å². The van der Waals surface area contributed by atoms with E-state index < -0.39 is 5.91 Å². The zero-order chi connectivity index (χ0) is 20.4. The summed E-state index contributed by atoms with van der Waals surface area (Å²) >= 11 is 0. The standard InChI is InChI=1S/C22H17N3O4/c1-29-21-19(22(27)25-28)17-12-23-11-10-18(17)24-20(21)15-4-2-13(3-5-15)14-6-8-16(26)9-7-14/h2-12,26,28H,1H3,(H,25,27). The minimum absolute atomic E-state index is 0.158. The van der Waals surface area contributed by atoms with E-state index in [1.807, 2.05) is 36.4 Å². The van der Waals surface area contributed by atoms with Gasteiger partial charge in [-0.1, -0.05) is 36.4 Å². The lowest BCUT2D eigenvalue weighted by Gasteiger charge is -2.15. The number of hydroxylamine groups is 1. The Hall–Kier alpha value is -3.97. The second-order valence-electron chi connectivity index (χ2n) is 6.33. The van der Waals surface area contributed by atoms with Crippen LogP contribution in [0.3, 0.4) is 0 Å². The fourth-order valence-electron chi connectivity index (χ4n) is 3.24. The molecule has 0 saturated carbocycles. The average Bonchev–Trinajstić information content (AvgIpc) is 2.78.